The molecule has 0 atom stereocenters. The summed E-state index contributed by atoms with van der Waals surface area (Å²) in [6, 6.07) is 11.4. The van der Waals surface area contributed by atoms with Gasteiger partial charge in [0.15, 0.2) is 11.5 Å². The molecule has 0 aliphatic heterocycles. The molecule has 4 aromatic rings. The van der Waals surface area contributed by atoms with Crippen molar-refractivity contribution < 1.29 is 9.47 Å². The van der Waals surface area contributed by atoms with E-state index in [4.69, 9.17) is 21.1 Å². The molecule has 2 N–H and O–H groups in total. The molecule has 2 aromatic carbocycles. The van der Waals surface area contributed by atoms with Crippen LogP contribution in [0.15, 0.2) is 36.4 Å². The fourth-order valence-corrected chi connectivity index (χ4v) is 2.91. The third-order valence-electron chi connectivity index (χ3n) is 3.98. The zero-order chi connectivity index (χ0) is 17.4. The largest absolute Gasteiger partial charge is 0.493 e. The number of ether oxygens (including phenoxy) is 2. The highest BCUT2D eigenvalue weighted by atomic mass is 35.5. The number of methoxy groups -OCH3 is 2. The highest BCUT2D eigenvalue weighted by Crippen LogP contribution is 2.32. The van der Waals surface area contributed by atoms with Crippen LogP contribution in [0.2, 0.25) is 5.02 Å². The molecule has 128 valence electrons. The minimum absolute atomic E-state index is 0.561. The maximum atomic E-state index is 6.17. The van der Waals surface area contributed by atoms with E-state index in [-0.39, 0.29) is 0 Å². The van der Waals surface area contributed by atoms with Crippen molar-refractivity contribution >= 4 is 34.4 Å². The van der Waals surface area contributed by atoms with E-state index in [9.17, 15) is 0 Å². The first-order chi connectivity index (χ1) is 12.2. The lowest BCUT2D eigenvalue weighted by molar-refractivity contribution is 0.355. The Morgan fingerprint density at radius 1 is 1.12 bits per heavy atom. The molecule has 8 heteroatoms. The van der Waals surface area contributed by atoms with Crippen LogP contribution >= 0.6 is 11.6 Å². The number of aromatic amines is 1. The van der Waals surface area contributed by atoms with Crippen LogP contribution in [0.25, 0.3) is 16.8 Å². The summed E-state index contributed by atoms with van der Waals surface area (Å²) in [5.41, 5.74) is 2.62. The molecule has 7 nitrogen and oxygen atoms in total. The monoisotopic (exact) mass is 357 g/mol. The summed E-state index contributed by atoms with van der Waals surface area (Å²) in [6.07, 6.45) is 0. The summed E-state index contributed by atoms with van der Waals surface area (Å²) < 4.78 is 12.5. The van der Waals surface area contributed by atoms with E-state index >= 15 is 0 Å². The minimum Gasteiger partial charge on any atom is -0.493 e. The van der Waals surface area contributed by atoms with Gasteiger partial charge in [0.05, 0.1) is 25.3 Å². The van der Waals surface area contributed by atoms with Crippen molar-refractivity contribution in [2.24, 2.45) is 0 Å². The van der Waals surface area contributed by atoms with E-state index in [1.807, 2.05) is 36.4 Å². The Kier molecular flexibility index (Phi) is 3.85. The van der Waals surface area contributed by atoms with Gasteiger partial charge < -0.3 is 14.8 Å². The van der Waals surface area contributed by atoms with Gasteiger partial charge in [-0.15, -0.1) is 0 Å². The van der Waals surface area contributed by atoms with Crippen LogP contribution in [0.3, 0.4) is 0 Å². The summed E-state index contributed by atoms with van der Waals surface area (Å²) in [5.74, 6) is 2.44. The van der Waals surface area contributed by atoms with E-state index in [1.54, 1.807) is 18.7 Å². The van der Waals surface area contributed by atoms with Crippen molar-refractivity contribution in [2.45, 2.75) is 6.54 Å². The zero-order valence-electron chi connectivity index (χ0n) is 13.7. The molecule has 0 bridgehead atoms. The molecule has 0 aliphatic carbocycles. The predicted octanol–water partition coefficient (Wildman–Crippen LogP) is 3.49. The summed E-state index contributed by atoms with van der Waals surface area (Å²) in [5, 5.41) is 7.13. The molecule has 0 spiro atoms. The van der Waals surface area contributed by atoms with Crippen molar-refractivity contribution in [3.63, 3.8) is 0 Å². The standard InChI is InChI=1S/C17H16ClN5O2/c1-24-14-7-12-13(8-15(14)25-2)23-17(20-12)21-16(22-23)19-9-10-5-3-4-6-11(10)18/h3-8H,9H2,1-2H3,(H2,19,20,21,22). The Balaban J connectivity index is 1.67. The number of H-pyrrole nitrogens is 1. The fourth-order valence-electron chi connectivity index (χ4n) is 2.71. The van der Waals surface area contributed by atoms with Crippen LogP contribution in [0.1, 0.15) is 5.56 Å². The SMILES string of the molecule is COc1cc2nc3nc(NCc4ccccc4Cl)[nH]n3c2cc1OC. The van der Waals surface area contributed by atoms with Crippen LogP contribution in [0.5, 0.6) is 11.5 Å². The molecule has 0 amide bonds. The van der Waals surface area contributed by atoms with E-state index in [0.717, 1.165) is 16.6 Å². The second-order valence-corrected chi connectivity index (χ2v) is 5.87. The molecule has 25 heavy (non-hydrogen) atoms. The lowest BCUT2D eigenvalue weighted by Crippen LogP contribution is -2.02. The molecule has 0 saturated heterocycles. The van der Waals surface area contributed by atoms with Crippen molar-refractivity contribution in [1.29, 1.82) is 0 Å². The van der Waals surface area contributed by atoms with Gasteiger partial charge in [0, 0.05) is 23.7 Å². The highest BCUT2D eigenvalue weighted by Gasteiger charge is 2.14. The molecule has 2 heterocycles. The zero-order valence-corrected chi connectivity index (χ0v) is 14.5. The van der Waals surface area contributed by atoms with Gasteiger partial charge in [-0.2, -0.15) is 4.98 Å². The number of hydrogen-bond acceptors (Lipinski definition) is 5. The third kappa shape index (κ3) is 2.72. The number of nitrogens with one attached hydrogen (secondary N) is 2. The van der Waals surface area contributed by atoms with Crippen molar-refractivity contribution in [2.75, 3.05) is 19.5 Å². The van der Waals surface area contributed by atoms with E-state index in [1.165, 1.54) is 0 Å². The average Bonchev–Trinajstić information content (AvgIpc) is 3.16. The summed E-state index contributed by atoms with van der Waals surface area (Å²) in [7, 11) is 3.20. The quantitative estimate of drug-likeness (QED) is 0.571. The van der Waals surface area contributed by atoms with Gasteiger partial charge in [-0.25, -0.2) is 9.50 Å². The highest BCUT2D eigenvalue weighted by molar-refractivity contribution is 6.31. The number of hydrogen-bond donors (Lipinski definition) is 2. The van der Waals surface area contributed by atoms with Crippen LogP contribution in [0, 0.1) is 0 Å². The molecule has 0 radical (unpaired) electrons. The van der Waals surface area contributed by atoms with Crippen LogP contribution in [-0.2, 0) is 6.54 Å². The van der Waals surface area contributed by atoms with Crippen LogP contribution in [0.4, 0.5) is 5.95 Å². The van der Waals surface area contributed by atoms with Gasteiger partial charge in [-0.3, -0.25) is 5.10 Å². The maximum Gasteiger partial charge on any atom is 0.253 e. The topological polar surface area (TPSA) is 76.5 Å². The number of anilines is 1. The summed E-state index contributed by atoms with van der Waals surface area (Å²) in [4.78, 5) is 8.98. The van der Waals surface area contributed by atoms with Gasteiger partial charge in [-0.05, 0) is 11.6 Å². The molecule has 0 saturated carbocycles. The Bertz CT molecular complexity index is 1060. The number of halogens is 1. The lowest BCUT2D eigenvalue weighted by atomic mass is 10.2. The Morgan fingerprint density at radius 2 is 1.88 bits per heavy atom. The fraction of sp³-hybridized carbons (Fsp3) is 0.176. The number of nitrogens with zero attached hydrogens (tertiary/aromatic N) is 3. The van der Waals surface area contributed by atoms with Crippen molar-refractivity contribution in [3.8, 4) is 11.5 Å². The number of fused-ring (bicyclic) bond motifs is 3. The Labute approximate surface area is 148 Å². The summed E-state index contributed by atoms with van der Waals surface area (Å²) in [6.45, 7) is 0.561. The second-order valence-electron chi connectivity index (χ2n) is 5.46. The van der Waals surface area contributed by atoms with Crippen molar-refractivity contribution in [3.05, 3.63) is 47.0 Å². The normalized spacial score (nSPS) is 11.2. The maximum absolute atomic E-state index is 6.17. The van der Waals surface area contributed by atoms with Gasteiger partial charge in [0.2, 0.25) is 5.95 Å². The molecular formula is C17H16ClN5O2. The van der Waals surface area contributed by atoms with E-state index in [0.29, 0.717) is 34.8 Å². The van der Waals surface area contributed by atoms with Crippen LogP contribution < -0.4 is 14.8 Å². The average molecular weight is 358 g/mol. The summed E-state index contributed by atoms with van der Waals surface area (Å²) >= 11 is 6.17. The first-order valence-electron chi connectivity index (χ1n) is 7.67. The Hall–Kier alpha value is -2.93. The number of rotatable bonds is 5. The van der Waals surface area contributed by atoms with Gasteiger partial charge in [0.1, 0.15) is 0 Å². The molecule has 0 fully saturated rings. The predicted molar refractivity (Wildman–Crippen MR) is 96.7 cm³/mol. The second kappa shape index (κ2) is 6.18. The van der Waals surface area contributed by atoms with E-state index in [2.05, 4.69) is 20.4 Å². The van der Waals surface area contributed by atoms with Gasteiger partial charge in [0.25, 0.3) is 5.78 Å². The van der Waals surface area contributed by atoms with Gasteiger partial charge in [-0.1, -0.05) is 29.8 Å². The van der Waals surface area contributed by atoms with Gasteiger partial charge >= 0.3 is 0 Å². The van der Waals surface area contributed by atoms with Crippen LogP contribution in [-0.4, -0.2) is 33.8 Å². The first-order valence-corrected chi connectivity index (χ1v) is 8.05. The lowest BCUT2D eigenvalue weighted by Gasteiger charge is -2.07. The molecule has 0 unspecified atom stereocenters. The Morgan fingerprint density at radius 3 is 2.64 bits per heavy atom. The number of imidazole rings is 1. The minimum atomic E-state index is 0.561. The third-order valence-corrected chi connectivity index (χ3v) is 4.34. The van der Waals surface area contributed by atoms with Crippen molar-refractivity contribution in [1.82, 2.24) is 19.6 Å². The molecular weight excluding hydrogens is 342 g/mol. The molecule has 0 aliphatic rings. The van der Waals surface area contributed by atoms with E-state index < -0.39 is 0 Å². The number of benzene rings is 2. The molecule has 4 rings (SSSR count). The first kappa shape index (κ1) is 15.6. The smallest absolute Gasteiger partial charge is 0.253 e. The number of aromatic nitrogens is 4. The molecule has 2 aromatic heterocycles.